The zero-order chi connectivity index (χ0) is 15.6. The lowest BCUT2D eigenvalue weighted by atomic mass is 10.1. The Morgan fingerprint density at radius 3 is 2.43 bits per heavy atom. The van der Waals surface area contributed by atoms with E-state index in [9.17, 15) is 17.6 Å². The second-order valence-electron chi connectivity index (χ2n) is 4.63. The molecule has 2 aromatic rings. The molecule has 1 nitrogen and oxygen atoms in total. The first-order chi connectivity index (χ1) is 9.77. The van der Waals surface area contributed by atoms with Gasteiger partial charge in [0.1, 0.15) is 5.82 Å². The zero-order valence-electron chi connectivity index (χ0n) is 11.1. The van der Waals surface area contributed by atoms with Gasteiger partial charge in [-0.1, -0.05) is 12.1 Å². The Morgan fingerprint density at radius 2 is 1.81 bits per heavy atom. The monoisotopic (exact) mass is 361 g/mol. The zero-order valence-corrected chi connectivity index (χ0v) is 12.6. The summed E-state index contributed by atoms with van der Waals surface area (Å²) in [5.41, 5.74) is 0.760. The van der Waals surface area contributed by atoms with Gasteiger partial charge >= 0.3 is 6.18 Å². The van der Waals surface area contributed by atoms with Crippen LogP contribution in [0, 0.1) is 12.7 Å². The summed E-state index contributed by atoms with van der Waals surface area (Å²) in [4.78, 5) is 0. The van der Waals surface area contributed by atoms with Gasteiger partial charge in [-0.25, -0.2) is 4.39 Å². The van der Waals surface area contributed by atoms with E-state index in [0.29, 0.717) is 21.3 Å². The lowest BCUT2D eigenvalue weighted by Crippen LogP contribution is -2.07. The maximum Gasteiger partial charge on any atom is 0.416 e. The minimum atomic E-state index is -4.40. The van der Waals surface area contributed by atoms with Gasteiger partial charge in [-0.2, -0.15) is 13.2 Å². The Bertz CT molecular complexity index is 653. The first kappa shape index (κ1) is 15.8. The van der Waals surface area contributed by atoms with E-state index < -0.39 is 11.7 Å². The van der Waals surface area contributed by atoms with Gasteiger partial charge in [-0.3, -0.25) is 0 Å². The lowest BCUT2D eigenvalue weighted by Gasteiger charge is -2.13. The summed E-state index contributed by atoms with van der Waals surface area (Å²) in [5, 5.41) is 2.87. The molecular formula is C15H12BrF4N. The van der Waals surface area contributed by atoms with Crippen LogP contribution in [-0.4, -0.2) is 0 Å². The molecule has 0 aliphatic carbocycles. The predicted octanol–water partition coefficient (Wildman–Crippen LogP) is 5.53. The minimum absolute atomic E-state index is 0.233. The molecule has 0 radical (unpaired) electrons. The van der Waals surface area contributed by atoms with Crippen molar-refractivity contribution in [1.82, 2.24) is 0 Å². The van der Waals surface area contributed by atoms with Crippen molar-refractivity contribution in [2.24, 2.45) is 0 Å². The van der Waals surface area contributed by atoms with Crippen molar-refractivity contribution in [2.75, 3.05) is 5.32 Å². The SMILES string of the molecule is Cc1ccc(CNc2cc(C(F)(F)F)ccc2Br)cc1F. The molecule has 1 N–H and O–H groups in total. The van der Waals surface area contributed by atoms with Gasteiger partial charge in [0.2, 0.25) is 0 Å². The summed E-state index contributed by atoms with van der Waals surface area (Å²) in [5.74, 6) is -0.336. The molecule has 0 aliphatic heterocycles. The van der Waals surface area contributed by atoms with Crippen molar-refractivity contribution in [1.29, 1.82) is 0 Å². The third-order valence-electron chi connectivity index (χ3n) is 3.01. The number of benzene rings is 2. The quantitative estimate of drug-likeness (QED) is 0.709. The Kier molecular flexibility index (Phi) is 4.56. The van der Waals surface area contributed by atoms with Gasteiger partial charge in [0.15, 0.2) is 0 Å². The summed E-state index contributed by atoms with van der Waals surface area (Å²) in [6.45, 7) is 1.88. The van der Waals surface area contributed by atoms with Gasteiger partial charge in [-0.15, -0.1) is 0 Å². The molecule has 0 spiro atoms. The number of anilines is 1. The van der Waals surface area contributed by atoms with Crippen LogP contribution in [0.4, 0.5) is 23.2 Å². The highest BCUT2D eigenvalue weighted by molar-refractivity contribution is 9.10. The summed E-state index contributed by atoms with van der Waals surface area (Å²) in [6.07, 6.45) is -4.40. The van der Waals surface area contributed by atoms with Crippen LogP contribution in [0.25, 0.3) is 0 Å². The molecule has 112 valence electrons. The maximum absolute atomic E-state index is 13.4. The second kappa shape index (κ2) is 6.05. The molecule has 0 aromatic heterocycles. The molecule has 0 bridgehead atoms. The lowest BCUT2D eigenvalue weighted by molar-refractivity contribution is -0.137. The average Bonchev–Trinajstić information content (AvgIpc) is 2.40. The molecule has 0 saturated carbocycles. The van der Waals surface area contributed by atoms with E-state index in [1.165, 1.54) is 12.1 Å². The number of hydrogen-bond acceptors (Lipinski definition) is 1. The summed E-state index contributed by atoms with van der Waals surface area (Å²) >= 11 is 3.19. The molecule has 2 rings (SSSR count). The fourth-order valence-electron chi connectivity index (χ4n) is 1.78. The standard InChI is InChI=1S/C15H12BrF4N/c1-9-2-3-10(6-13(9)17)8-21-14-7-11(15(18,19)20)4-5-12(14)16/h2-7,21H,8H2,1H3. The molecule has 0 unspecified atom stereocenters. The fraction of sp³-hybridized carbons (Fsp3) is 0.200. The Morgan fingerprint density at radius 1 is 1.10 bits per heavy atom. The van der Waals surface area contributed by atoms with Gasteiger partial charge in [0, 0.05) is 16.7 Å². The van der Waals surface area contributed by atoms with Crippen LogP contribution in [0.1, 0.15) is 16.7 Å². The largest absolute Gasteiger partial charge is 0.416 e. The molecule has 21 heavy (non-hydrogen) atoms. The summed E-state index contributed by atoms with van der Waals surface area (Å²) in [6, 6.07) is 8.08. The normalized spacial score (nSPS) is 11.5. The summed E-state index contributed by atoms with van der Waals surface area (Å²) in [7, 11) is 0. The van der Waals surface area contributed by atoms with E-state index in [0.717, 1.165) is 12.1 Å². The van der Waals surface area contributed by atoms with Gasteiger partial charge in [0.05, 0.1) is 5.56 Å². The number of halogens is 5. The number of rotatable bonds is 3. The van der Waals surface area contributed by atoms with Crippen molar-refractivity contribution >= 4 is 21.6 Å². The van der Waals surface area contributed by atoms with E-state index in [2.05, 4.69) is 21.2 Å². The molecule has 6 heteroatoms. The van der Waals surface area contributed by atoms with Crippen molar-refractivity contribution in [3.63, 3.8) is 0 Å². The first-order valence-electron chi connectivity index (χ1n) is 6.13. The molecular weight excluding hydrogens is 350 g/mol. The maximum atomic E-state index is 13.4. The van der Waals surface area contributed by atoms with Crippen LogP contribution < -0.4 is 5.32 Å². The van der Waals surface area contributed by atoms with Crippen molar-refractivity contribution < 1.29 is 17.6 Å². The average molecular weight is 362 g/mol. The van der Waals surface area contributed by atoms with Gasteiger partial charge in [-0.05, 0) is 58.2 Å². The van der Waals surface area contributed by atoms with E-state index >= 15 is 0 Å². The predicted molar refractivity (Wildman–Crippen MR) is 77.6 cm³/mol. The molecule has 0 aliphatic rings. The molecule has 0 saturated heterocycles. The van der Waals surface area contributed by atoms with Crippen LogP contribution in [0.15, 0.2) is 40.9 Å². The summed E-state index contributed by atoms with van der Waals surface area (Å²) < 4.78 is 51.9. The smallest absolute Gasteiger partial charge is 0.380 e. The number of hydrogen-bond donors (Lipinski definition) is 1. The van der Waals surface area contributed by atoms with E-state index in [1.807, 2.05) is 0 Å². The topological polar surface area (TPSA) is 12.0 Å². The van der Waals surface area contributed by atoms with Crippen LogP contribution in [0.2, 0.25) is 0 Å². The fourth-order valence-corrected chi connectivity index (χ4v) is 2.17. The Balaban J connectivity index is 2.17. The van der Waals surface area contributed by atoms with E-state index in [-0.39, 0.29) is 12.4 Å². The minimum Gasteiger partial charge on any atom is -0.380 e. The third-order valence-corrected chi connectivity index (χ3v) is 3.70. The number of nitrogens with one attached hydrogen (secondary N) is 1. The van der Waals surface area contributed by atoms with Crippen molar-refractivity contribution in [3.05, 3.63) is 63.4 Å². The van der Waals surface area contributed by atoms with Crippen LogP contribution >= 0.6 is 15.9 Å². The highest BCUT2D eigenvalue weighted by atomic mass is 79.9. The number of alkyl halides is 3. The van der Waals surface area contributed by atoms with Gasteiger partial charge in [0.25, 0.3) is 0 Å². The molecule has 0 heterocycles. The van der Waals surface area contributed by atoms with E-state index in [1.54, 1.807) is 19.1 Å². The number of aryl methyl sites for hydroxylation is 1. The van der Waals surface area contributed by atoms with Crippen LogP contribution in [0.3, 0.4) is 0 Å². The first-order valence-corrected chi connectivity index (χ1v) is 6.92. The van der Waals surface area contributed by atoms with Crippen molar-refractivity contribution in [2.45, 2.75) is 19.6 Å². The van der Waals surface area contributed by atoms with Crippen molar-refractivity contribution in [3.8, 4) is 0 Å². The molecule has 0 fully saturated rings. The highest BCUT2D eigenvalue weighted by Gasteiger charge is 2.30. The second-order valence-corrected chi connectivity index (χ2v) is 5.48. The molecule has 2 aromatic carbocycles. The van der Waals surface area contributed by atoms with Gasteiger partial charge < -0.3 is 5.32 Å². The highest BCUT2D eigenvalue weighted by Crippen LogP contribution is 2.34. The Hall–Kier alpha value is -1.56. The Labute approximate surface area is 128 Å². The molecule has 0 amide bonds. The molecule has 0 atom stereocenters. The third kappa shape index (κ3) is 3.97. The van der Waals surface area contributed by atoms with Crippen LogP contribution in [0.5, 0.6) is 0 Å². The van der Waals surface area contributed by atoms with Crippen LogP contribution in [-0.2, 0) is 12.7 Å². The van der Waals surface area contributed by atoms with E-state index in [4.69, 9.17) is 0 Å².